The number of aliphatic hydroxyl groups excluding tert-OH is 1. The van der Waals surface area contributed by atoms with Crippen molar-refractivity contribution in [3.05, 3.63) is 35.9 Å². The summed E-state index contributed by atoms with van der Waals surface area (Å²) in [5, 5.41) is 13.5. The Kier molecular flexibility index (Phi) is 3.75. The normalized spacial score (nSPS) is 23.7. The predicted octanol–water partition coefficient (Wildman–Crippen LogP) is 2.25. The number of hydrogen-bond donors (Lipinski definition) is 2. The Morgan fingerprint density at radius 3 is 2.73 bits per heavy atom. The van der Waals surface area contributed by atoms with Crippen LogP contribution in [0.1, 0.15) is 37.4 Å². The summed E-state index contributed by atoms with van der Waals surface area (Å²) >= 11 is 0. The molecule has 1 heterocycles. The third-order valence-corrected chi connectivity index (χ3v) is 3.10. The van der Waals surface area contributed by atoms with E-state index in [4.69, 9.17) is 0 Å². The molecule has 0 radical (unpaired) electrons. The summed E-state index contributed by atoms with van der Waals surface area (Å²) in [6.45, 7) is 1.10. The van der Waals surface area contributed by atoms with Gasteiger partial charge in [0.15, 0.2) is 0 Å². The quantitative estimate of drug-likeness (QED) is 0.793. The lowest BCUT2D eigenvalue weighted by Crippen LogP contribution is -2.35. The summed E-state index contributed by atoms with van der Waals surface area (Å²) in [4.78, 5) is 0. The van der Waals surface area contributed by atoms with Crippen LogP contribution in [-0.2, 0) is 0 Å². The van der Waals surface area contributed by atoms with Gasteiger partial charge in [-0.2, -0.15) is 0 Å². The maximum atomic E-state index is 10.0. The van der Waals surface area contributed by atoms with Crippen LogP contribution >= 0.6 is 0 Å². The number of piperidine rings is 1. The molecule has 1 aromatic carbocycles. The Hall–Kier alpha value is -0.860. The van der Waals surface area contributed by atoms with Crippen LogP contribution in [0.15, 0.2) is 30.3 Å². The molecule has 0 spiro atoms. The fourth-order valence-corrected chi connectivity index (χ4v) is 2.21. The molecular formula is C13H19NO. The monoisotopic (exact) mass is 205 g/mol. The average Bonchev–Trinajstić information content (AvgIpc) is 2.31. The Bertz CT molecular complexity index is 280. The lowest BCUT2D eigenvalue weighted by molar-refractivity contribution is 0.144. The molecule has 2 unspecified atom stereocenters. The smallest absolute Gasteiger partial charge is 0.0804 e. The average molecular weight is 205 g/mol. The molecule has 1 aliphatic rings. The van der Waals surface area contributed by atoms with Gasteiger partial charge >= 0.3 is 0 Å². The lowest BCUT2D eigenvalue weighted by Gasteiger charge is -2.25. The summed E-state index contributed by atoms with van der Waals surface area (Å²) in [7, 11) is 0. The van der Waals surface area contributed by atoms with Gasteiger partial charge in [-0.25, -0.2) is 0 Å². The Labute approximate surface area is 91.3 Å². The summed E-state index contributed by atoms with van der Waals surface area (Å²) in [5.74, 6) is 0. The van der Waals surface area contributed by atoms with Gasteiger partial charge in [0, 0.05) is 6.04 Å². The molecule has 0 amide bonds. The van der Waals surface area contributed by atoms with E-state index in [1.807, 2.05) is 30.3 Å². The van der Waals surface area contributed by atoms with Crippen molar-refractivity contribution in [3.63, 3.8) is 0 Å². The zero-order valence-electron chi connectivity index (χ0n) is 9.02. The highest BCUT2D eigenvalue weighted by atomic mass is 16.3. The third kappa shape index (κ3) is 3.05. The first kappa shape index (κ1) is 10.7. The highest BCUT2D eigenvalue weighted by molar-refractivity contribution is 5.17. The molecule has 2 atom stereocenters. The van der Waals surface area contributed by atoms with Gasteiger partial charge in [-0.15, -0.1) is 0 Å². The van der Waals surface area contributed by atoms with E-state index in [0.29, 0.717) is 6.04 Å². The van der Waals surface area contributed by atoms with E-state index in [0.717, 1.165) is 18.5 Å². The molecule has 1 aromatic rings. The van der Waals surface area contributed by atoms with Crippen molar-refractivity contribution in [1.29, 1.82) is 0 Å². The number of hydrogen-bond acceptors (Lipinski definition) is 2. The van der Waals surface area contributed by atoms with Gasteiger partial charge in [-0.05, 0) is 31.4 Å². The van der Waals surface area contributed by atoms with Crippen LogP contribution in [0.5, 0.6) is 0 Å². The Balaban J connectivity index is 1.88. The number of aliphatic hydroxyl groups is 1. The van der Waals surface area contributed by atoms with Crippen LogP contribution in [0.25, 0.3) is 0 Å². The minimum atomic E-state index is -0.318. The number of nitrogens with one attached hydrogen (secondary N) is 1. The van der Waals surface area contributed by atoms with Crippen LogP contribution in [0.2, 0.25) is 0 Å². The first-order chi connectivity index (χ1) is 7.36. The summed E-state index contributed by atoms with van der Waals surface area (Å²) in [5.41, 5.74) is 1.03. The molecule has 1 aliphatic heterocycles. The fourth-order valence-electron chi connectivity index (χ4n) is 2.21. The molecule has 1 saturated heterocycles. The van der Waals surface area contributed by atoms with Crippen molar-refractivity contribution in [1.82, 2.24) is 5.32 Å². The molecule has 1 fully saturated rings. The second-order valence-corrected chi connectivity index (χ2v) is 4.31. The van der Waals surface area contributed by atoms with Crippen molar-refractivity contribution >= 4 is 0 Å². The second kappa shape index (κ2) is 5.29. The highest BCUT2D eigenvalue weighted by Gasteiger charge is 2.17. The standard InChI is InChI=1S/C13H19NO/c15-13(11-6-2-1-3-7-11)10-12-8-4-5-9-14-12/h1-3,6-7,12-15H,4-5,8-10H2. The van der Waals surface area contributed by atoms with Crippen molar-refractivity contribution in [2.75, 3.05) is 6.54 Å². The molecule has 2 rings (SSSR count). The maximum Gasteiger partial charge on any atom is 0.0804 e. The third-order valence-electron chi connectivity index (χ3n) is 3.10. The van der Waals surface area contributed by atoms with E-state index in [1.165, 1.54) is 19.3 Å². The molecule has 2 nitrogen and oxygen atoms in total. The number of rotatable bonds is 3. The van der Waals surface area contributed by atoms with E-state index in [2.05, 4.69) is 5.32 Å². The molecule has 2 heteroatoms. The molecule has 0 aliphatic carbocycles. The SMILES string of the molecule is OC(CC1CCCCN1)c1ccccc1. The molecule has 2 N–H and O–H groups in total. The van der Waals surface area contributed by atoms with Gasteiger partial charge in [0.25, 0.3) is 0 Å². The predicted molar refractivity (Wildman–Crippen MR) is 61.7 cm³/mol. The zero-order chi connectivity index (χ0) is 10.5. The van der Waals surface area contributed by atoms with Crippen LogP contribution in [-0.4, -0.2) is 17.7 Å². The van der Waals surface area contributed by atoms with Crippen LogP contribution < -0.4 is 5.32 Å². The molecule has 15 heavy (non-hydrogen) atoms. The van der Waals surface area contributed by atoms with Gasteiger partial charge in [0.05, 0.1) is 6.10 Å². The molecule has 0 bridgehead atoms. The van der Waals surface area contributed by atoms with Gasteiger partial charge in [-0.1, -0.05) is 36.8 Å². The van der Waals surface area contributed by atoms with E-state index >= 15 is 0 Å². The van der Waals surface area contributed by atoms with Gasteiger partial charge in [0.1, 0.15) is 0 Å². The van der Waals surface area contributed by atoms with Crippen LogP contribution in [0.4, 0.5) is 0 Å². The van der Waals surface area contributed by atoms with E-state index < -0.39 is 0 Å². The van der Waals surface area contributed by atoms with Crippen LogP contribution in [0.3, 0.4) is 0 Å². The first-order valence-corrected chi connectivity index (χ1v) is 5.82. The molecular weight excluding hydrogens is 186 g/mol. The van der Waals surface area contributed by atoms with Crippen molar-refractivity contribution in [2.45, 2.75) is 37.8 Å². The topological polar surface area (TPSA) is 32.3 Å². The Morgan fingerprint density at radius 2 is 2.07 bits per heavy atom. The van der Waals surface area contributed by atoms with Gasteiger partial charge in [0.2, 0.25) is 0 Å². The van der Waals surface area contributed by atoms with Crippen molar-refractivity contribution in [3.8, 4) is 0 Å². The second-order valence-electron chi connectivity index (χ2n) is 4.31. The van der Waals surface area contributed by atoms with Crippen LogP contribution in [0, 0.1) is 0 Å². The minimum absolute atomic E-state index is 0.318. The summed E-state index contributed by atoms with van der Waals surface area (Å²) < 4.78 is 0. The largest absolute Gasteiger partial charge is 0.388 e. The first-order valence-electron chi connectivity index (χ1n) is 5.82. The van der Waals surface area contributed by atoms with Gasteiger partial charge in [-0.3, -0.25) is 0 Å². The van der Waals surface area contributed by atoms with E-state index in [1.54, 1.807) is 0 Å². The van der Waals surface area contributed by atoms with E-state index in [9.17, 15) is 5.11 Å². The highest BCUT2D eigenvalue weighted by Crippen LogP contribution is 2.21. The lowest BCUT2D eigenvalue weighted by atomic mass is 9.96. The van der Waals surface area contributed by atoms with Gasteiger partial charge < -0.3 is 10.4 Å². The maximum absolute atomic E-state index is 10.0. The minimum Gasteiger partial charge on any atom is -0.388 e. The molecule has 0 aromatic heterocycles. The zero-order valence-corrected chi connectivity index (χ0v) is 9.02. The van der Waals surface area contributed by atoms with Crippen molar-refractivity contribution < 1.29 is 5.11 Å². The van der Waals surface area contributed by atoms with E-state index in [-0.39, 0.29) is 6.10 Å². The van der Waals surface area contributed by atoms with Crippen molar-refractivity contribution in [2.24, 2.45) is 0 Å². The fraction of sp³-hybridized carbons (Fsp3) is 0.538. The summed E-state index contributed by atoms with van der Waals surface area (Å²) in [6.07, 6.45) is 4.28. The summed E-state index contributed by atoms with van der Waals surface area (Å²) in [6, 6.07) is 10.4. The Morgan fingerprint density at radius 1 is 1.27 bits per heavy atom. The molecule has 0 saturated carbocycles. The number of benzene rings is 1. The molecule has 82 valence electrons.